The fourth-order valence-electron chi connectivity index (χ4n) is 1.89. The third-order valence-corrected chi connectivity index (χ3v) is 3.47. The zero-order chi connectivity index (χ0) is 12.2. The van der Waals surface area contributed by atoms with Crippen molar-refractivity contribution in [3.8, 4) is 5.75 Å². The average molecular weight is 255 g/mol. The van der Waals surface area contributed by atoms with Gasteiger partial charge in [0.15, 0.2) is 0 Å². The van der Waals surface area contributed by atoms with E-state index in [2.05, 4.69) is 34.6 Å². The van der Waals surface area contributed by atoms with Crippen LogP contribution in [0.25, 0.3) is 10.8 Å². The lowest BCUT2D eigenvalue weighted by Gasteiger charge is -2.06. The van der Waals surface area contributed by atoms with Gasteiger partial charge in [-0.3, -0.25) is 0 Å². The summed E-state index contributed by atoms with van der Waals surface area (Å²) in [5.74, 6) is 0.920. The molecular weight excluding hydrogens is 242 g/mol. The number of benzene rings is 2. The smallest absolute Gasteiger partial charge is 0.119 e. The van der Waals surface area contributed by atoms with Gasteiger partial charge in [0, 0.05) is 11.8 Å². The summed E-state index contributed by atoms with van der Waals surface area (Å²) in [7, 11) is 0. The van der Waals surface area contributed by atoms with Crippen molar-refractivity contribution in [2.75, 3.05) is 6.61 Å². The van der Waals surface area contributed by atoms with Crippen LogP contribution in [0.4, 0.5) is 0 Å². The van der Waals surface area contributed by atoms with Crippen molar-refractivity contribution in [3.05, 3.63) is 59.0 Å². The van der Waals surface area contributed by atoms with Gasteiger partial charge in [-0.05, 0) is 22.9 Å². The zero-order valence-electron chi connectivity index (χ0n) is 9.87. The van der Waals surface area contributed by atoms with E-state index in [0.29, 0.717) is 6.61 Å². The topological polar surface area (TPSA) is 22.1 Å². The number of thiazole rings is 1. The molecule has 0 saturated heterocycles. The van der Waals surface area contributed by atoms with Crippen LogP contribution in [0.15, 0.2) is 53.4 Å². The van der Waals surface area contributed by atoms with E-state index in [-0.39, 0.29) is 0 Å². The summed E-state index contributed by atoms with van der Waals surface area (Å²) in [6, 6.07) is 14.5. The van der Waals surface area contributed by atoms with Crippen LogP contribution in [0, 0.1) is 0 Å². The molecule has 1 heterocycles. The number of hydrogen-bond acceptors (Lipinski definition) is 3. The minimum atomic E-state index is 0.669. The Kier molecular flexibility index (Phi) is 3.24. The third kappa shape index (κ3) is 2.51. The van der Waals surface area contributed by atoms with E-state index in [9.17, 15) is 0 Å². The number of nitrogens with zero attached hydrogens (tertiary/aromatic N) is 1. The fourth-order valence-corrected chi connectivity index (χ4v) is 2.48. The monoisotopic (exact) mass is 255 g/mol. The molecule has 0 spiro atoms. The molecule has 3 aromatic rings. The maximum atomic E-state index is 5.75. The van der Waals surface area contributed by atoms with E-state index in [1.165, 1.54) is 10.8 Å². The van der Waals surface area contributed by atoms with E-state index < -0.39 is 0 Å². The van der Waals surface area contributed by atoms with Gasteiger partial charge in [0.25, 0.3) is 0 Å². The van der Waals surface area contributed by atoms with E-state index in [4.69, 9.17) is 4.74 Å². The Bertz CT molecular complexity index is 634. The Labute approximate surface area is 110 Å². The first-order chi connectivity index (χ1) is 8.92. The van der Waals surface area contributed by atoms with Crippen LogP contribution >= 0.6 is 11.3 Å². The van der Waals surface area contributed by atoms with Crippen LogP contribution in [-0.4, -0.2) is 11.6 Å². The van der Waals surface area contributed by atoms with Crippen molar-refractivity contribution < 1.29 is 4.74 Å². The van der Waals surface area contributed by atoms with Gasteiger partial charge in [0.2, 0.25) is 0 Å². The molecule has 0 N–H and O–H groups in total. The van der Waals surface area contributed by atoms with Gasteiger partial charge in [0.1, 0.15) is 5.75 Å². The Morgan fingerprint density at radius 3 is 2.78 bits per heavy atom. The maximum Gasteiger partial charge on any atom is 0.119 e. The van der Waals surface area contributed by atoms with E-state index in [0.717, 1.165) is 17.9 Å². The van der Waals surface area contributed by atoms with E-state index in [1.54, 1.807) is 11.3 Å². The second kappa shape index (κ2) is 5.19. The number of ether oxygens (including phenoxy) is 1. The zero-order valence-corrected chi connectivity index (χ0v) is 10.7. The lowest BCUT2D eigenvalue weighted by atomic mass is 10.1. The molecule has 0 unspecified atom stereocenters. The number of fused-ring (bicyclic) bond motifs is 1. The molecule has 0 radical (unpaired) electrons. The molecule has 0 amide bonds. The highest BCUT2D eigenvalue weighted by molar-refractivity contribution is 7.07. The Morgan fingerprint density at radius 1 is 1.06 bits per heavy atom. The van der Waals surface area contributed by atoms with Crippen molar-refractivity contribution in [1.82, 2.24) is 4.98 Å². The first-order valence-corrected chi connectivity index (χ1v) is 6.85. The number of hydrogen-bond donors (Lipinski definition) is 0. The van der Waals surface area contributed by atoms with Gasteiger partial charge in [-0.25, -0.2) is 4.98 Å². The van der Waals surface area contributed by atoms with Gasteiger partial charge < -0.3 is 4.74 Å². The summed E-state index contributed by atoms with van der Waals surface area (Å²) in [5.41, 5.74) is 2.95. The van der Waals surface area contributed by atoms with Crippen LogP contribution in [-0.2, 0) is 6.42 Å². The number of rotatable bonds is 4. The lowest BCUT2D eigenvalue weighted by Crippen LogP contribution is -2.01. The molecule has 0 aliphatic rings. The molecule has 3 rings (SSSR count). The van der Waals surface area contributed by atoms with Crippen LogP contribution in [0.5, 0.6) is 5.75 Å². The highest BCUT2D eigenvalue weighted by Gasteiger charge is 1.98. The SMILES string of the molecule is c1ccc2cc(OCCc3cscn3)ccc2c1. The van der Waals surface area contributed by atoms with Crippen molar-refractivity contribution in [2.24, 2.45) is 0 Å². The maximum absolute atomic E-state index is 5.75. The molecule has 3 heteroatoms. The van der Waals surface area contributed by atoms with Gasteiger partial charge in [-0.15, -0.1) is 11.3 Å². The second-order valence-corrected chi connectivity index (χ2v) is 4.81. The second-order valence-electron chi connectivity index (χ2n) is 4.09. The molecule has 90 valence electrons. The molecule has 0 bridgehead atoms. The van der Waals surface area contributed by atoms with Crippen LogP contribution in [0.2, 0.25) is 0 Å². The van der Waals surface area contributed by atoms with Crippen LogP contribution < -0.4 is 4.74 Å². The van der Waals surface area contributed by atoms with E-state index >= 15 is 0 Å². The van der Waals surface area contributed by atoms with Crippen molar-refractivity contribution in [1.29, 1.82) is 0 Å². The molecule has 2 nitrogen and oxygen atoms in total. The molecular formula is C15H13NOS. The van der Waals surface area contributed by atoms with Gasteiger partial charge in [-0.1, -0.05) is 30.3 Å². The first-order valence-electron chi connectivity index (χ1n) is 5.90. The highest BCUT2D eigenvalue weighted by Crippen LogP contribution is 2.20. The first kappa shape index (κ1) is 11.2. The Balaban J connectivity index is 1.67. The highest BCUT2D eigenvalue weighted by atomic mass is 32.1. The molecule has 0 aliphatic carbocycles. The normalized spacial score (nSPS) is 10.7. The largest absolute Gasteiger partial charge is 0.493 e. The van der Waals surface area contributed by atoms with Gasteiger partial charge in [0.05, 0.1) is 17.8 Å². The van der Waals surface area contributed by atoms with E-state index in [1.807, 2.05) is 23.7 Å². The molecule has 18 heavy (non-hydrogen) atoms. The predicted molar refractivity (Wildman–Crippen MR) is 75.3 cm³/mol. The average Bonchev–Trinajstić information content (AvgIpc) is 2.92. The summed E-state index contributed by atoms with van der Waals surface area (Å²) < 4.78 is 5.75. The number of aromatic nitrogens is 1. The molecule has 1 aromatic heterocycles. The van der Waals surface area contributed by atoms with Crippen molar-refractivity contribution >= 4 is 22.1 Å². The van der Waals surface area contributed by atoms with Crippen molar-refractivity contribution in [3.63, 3.8) is 0 Å². The molecule has 2 aromatic carbocycles. The molecule has 0 atom stereocenters. The standard InChI is InChI=1S/C15H13NOS/c1-2-4-13-9-15(6-5-12(13)3-1)17-8-7-14-10-18-11-16-14/h1-6,9-11H,7-8H2. The molecule has 0 fully saturated rings. The summed E-state index contributed by atoms with van der Waals surface area (Å²) in [6.07, 6.45) is 0.857. The Morgan fingerprint density at radius 2 is 1.94 bits per heavy atom. The molecule has 0 saturated carbocycles. The Hall–Kier alpha value is -1.87. The van der Waals surface area contributed by atoms with Gasteiger partial charge >= 0.3 is 0 Å². The minimum absolute atomic E-state index is 0.669. The fraction of sp³-hybridized carbons (Fsp3) is 0.133. The van der Waals surface area contributed by atoms with Gasteiger partial charge in [-0.2, -0.15) is 0 Å². The van der Waals surface area contributed by atoms with Crippen LogP contribution in [0.3, 0.4) is 0 Å². The summed E-state index contributed by atoms with van der Waals surface area (Å²) in [6.45, 7) is 0.669. The third-order valence-electron chi connectivity index (χ3n) is 2.83. The predicted octanol–water partition coefficient (Wildman–Crippen LogP) is 3.92. The van der Waals surface area contributed by atoms with Crippen molar-refractivity contribution in [2.45, 2.75) is 6.42 Å². The quantitative estimate of drug-likeness (QED) is 0.705. The summed E-state index contributed by atoms with van der Waals surface area (Å²) >= 11 is 1.62. The summed E-state index contributed by atoms with van der Waals surface area (Å²) in [4.78, 5) is 4.24. The lowest BCUT2D eigenvalue weighted by molar-refractivity contribution is 0.321. The van der Waals surface area contributed by atoms with Crippen LogP contribution in [0.1, 0.15) is 5.69 Å². The molecule has 0 aliphatic heterocycles. The minimum Gasteiger partial charge on any atom is -0.493 e. The summed E-state index contributed by atoms with van der Waals surface area (Å²) in [5, 5.41) is 4.51.